The molecule has 0 amide bonds. The number of anilines is 1. The number of ether oxygens (including phenoxy) is 1. The van der Waals surface area contributed by atoms with Gasteiger partial charge in [0.1, 0.15) is 18.1 Å². The molecule has 1 aromatic carbocycles. The van der Waals surface area contributed by atoms with Gasteiger partial charge in [-0.2, -0.15) is 4.98 Å². The number of hydrogen-bond donors (Lipinski definition) is 2. The van der Waals surface area contributed by atoms with Gasteiger partial charge in [-0.05, 0) is 11.6 Å². The van der Waals surface area contributed by atoms with E-state index in [-0.39, 0.29) is 11.7 Å². The van der Waals surface area contributed by atoms with Crippen LogP contribution in [0.4, 0.5) is 5.95 Å². The van der Waals surface area contributed by atoms with Gasteiger partial charge in [-0.25, -0.2) is 15.0 Å². The zero-order valence-corrected chi connectivity index (χ0v) is 17.8. The second kappa shape index (κ2) is 8.88. The van der Waals surface area contributed by atoms with Crippen LogP contribution in [0.1, 0.15) is 23.1 Å². The first-order valence-corrected chi connectivity index (χ1v) is 10.4. The van der Waals surface area contributed by atoms with E-state index in [2.05, 4.69) is 30.1 Å². The van der Waals surface area contributed by atoms with Gasteiger partial charge in [0, 0.05) is 25.2 Å². The van der Waals surface area contributed by atoms with Crippen molar-refractivity contribution in [3.8, 4) is 22.8 Å². The normalized spacial score (nSPS) is 16.2. The molecule has 0 unspecified atom stereocenters. The van der Waals surface area contributed by atoms with E-state index < -0.39 is 12.2 Å². The summed E-state index contributed by atoms with van der Waals surface area (Å²) in [6, 6.07) is 9.43. The first kappa shape index (κ1) is 20.9. The van der Waals surface area contributed by atoms with Crippen LogP contribution in [-0.4, -0.2) is 54.9 Å². The third-order valence-corrected chi connectivity index (χ3v) is 5.42. The molecule has 2 N–H and O–H groups in total. The van der Waals surface area contributed by atoms with Crippen molar-refractivity contribution in [3.05, 3.63) is 70.2 Å². The Hall–Kier alpha value is -3.96. The number of H-pyrrole nitrogens is 1. The molecule has 168 valence electrons. The van der Waals surface area contributed by atoms with Gasteiger partial charge in [0.2, 0.25) is 17.7 Å². The zero-order valence-electron chi connectivity index (χ0n) is 17.8. The SMILES string of the molecule is Cc1nc(-c2ccc([C@H]3CN(c4nc(-c5ccncn5)c(CO)c(=O)[nH]4)CCO3)cc2)no1. The van der Waals surface area contributed by atoms with Crippen LogP contribution in [0.3, 0.4) is 0 Å². The lowest BCUT2D eigenvalue weighted by Gasteiger charge is -2.33. The molecule has 11 nitrogen and oxygen atoms in total. The van der Waals surface area contributed by atoms with Gasteiger partial charge in [0.05, 0.1) is 31.0 Å². The third kappa shape index (κ3) is 4.23. The summed E-state index contributed by atoms with van der Waals surface area (Å²) < 4.78 is 11.0. The fourth-order valence-corrected chi connectivity index (χ4v) is 3.73. The number of aliphatic hydroxyl groups excluding tert-OH is 1. The lowest BCUT2D eigenvalue weighted by molar-refractivity contribution is 0.0392. The van der Waals surface area contributed by atoms with Crippen molar-refractivity contribution in [2.45, 2.75) is 19.6 Å². The monoisotopic (exact) mass is 447 g/mol. The number of morpholine rings is 1. The summed E-state index contributed by atoms with van der Waals surface area (Å²) in [4.78, 5) is 34.4. The van der Waals surface area contributed by atoms with Crippen LogP contribution < -0.4 is 10.5 Å². The van der Waals surface area contributed by atoms with Crippen LogP contribution in [0.5, 0.6) is 0 Å². The Morgan fingerprint density at radius 2 is 2.06 bits per heavy atom. The highest BCUT2D eigenvalue weighted by Crippen LogP contribution is 2.27. The second-order valence-corrected chi connectivity index (χ2v) is 7.53. The molecule has 1 saturated heterocycles. The average molecular weight is 447 g/mol. The molecule has 0 radical (unpaired) electrons. The number of hydrogen-bond acceptors (Lipinski definition) is 10. The average Bonchev–Trinajstić information content (AvgIpc) is 3.30. The largest absolute Gasteiger partial charge is 0.391 e. The Balaban J connectivity index is 1.41. The fourth-order valence-electron chi connectivity index (χ4n) is 3.73. The molecule has 0 aliphatic carbocycles. The number of aryl methyl sites for hydroxylation is 1. The number of rotatable bonds is 5. The summed E-state index contributed by atoms with van der Waals surface area (Å²) in [5.74, 6) is 1.45. The molecule has 0 spiro atoms. The van der Waals surface area contributed by atoms with Gasteiger partial charge in [-0.1, -0.05) is 29.4 Å². The van der Waals surface area contributed by atoms with E-state index in [1.807, 2.05) is 29.2 Å². The van der Waals surface area contributed by atoms with Crippen molar-refractivity contribution in [1.29, 1.82) is 0 Å². The molecular weight excluding hydrogens is 426 g/mol. The molecule has 33 heavy (non-hydrogen) atoms. The third-order valence-electron chi connectivity index (χ3n) is 5.42. The molecule has 1 aliphatic rings. The van der Waals surface area contributed by atoms with Gasteiger partial charge in [0.25, 0.3) is 5.56 Å². The van der Waals surface area contributed by atoms with Crippen molar-refractivity contribution in [2.75, 3.05) is 24.6 Å². The summed E-state index contributed by atoms with van der Waals surface area (Å²) in [6.45, 7) is 2.81. The Morgan fingerprint density at radius 1 is 1.21 bits per heavy atom. The Bertz CT molecular complexity index is 1300. The lowest BCUT2D eigenvalue weighted by Crippen LogP contribution is -2.40. The summed E-state index contributed by atoms with van der Waals surface area (Å²) in [7, 11) is 0. The number of aromatic amines is 1. The number of nitrogens with one attached hydrogen (secondary N) is 1. The van der Waals surface area contributed by atoms with Crippen LogP contribution >= 0.6 is 0 Å². The highest BCUT2D eigenvalue weighted by atomic mass is 16.5. The lowest BCUT2D eigenvalue weighted by atomic mass is 10.1. The standard InChI is InChI=1S/C22H21N7O4/c1-13-25-20(28-33-13)15-4-2-14(3-5-15)18-10-29(8-9-32-18)22-26-19(16(11-30)21(31)27-22)17-6-7-23-12-24-17/h2-7,12,18,30H,8-11H2,1H3,(H,26,27,31)/t18-/m1/s1. The summed E-state index contributed by atoms with van der Waals surface area (Å²) in [6.07, 6.45) is 2.73. The van der Waals surface area contributed by atoms with Gasteiger partial charge in [-0.3, -0.25) is 9.78 Å². The van der Waals surface area contributed by atoms with Gasteiger partial charge in [0.15, 0.2) is 0 Å². The van der Waals surface area contributed by atoms with Gasteiger partial charge in [-0.15, -0.1) is 0 Å². The number of aromatic nitrogens is 6. The molecule has 4 heterocycles. The van der Waals surface area contributed by atoms with Crippen LogP contribution in [0.2, 0.25) is 0 Å². The molecule has 1 atom stereocenters. The minimum absolute atomic E-state index is 0.162. The van der Waals surface area contributed by atoms with Crippen molar-refractivity contribution >= 4 is 5.95 Å². The molecule has 11 heteroatoms. The van der Waals surface area contributed by atoms with E-state index in [4.69, 9.17) is 9.26 Å². The number of aliphatic hydroxyl groups is 1. The van der Waals surface area contributed by atoms with Crippen LogP contribution in [0.15, 0.2) is 52.2 Å². The van der Waals surface area contributed by atoms with E-state index in [0.717, 1.165) is 11.1 Å². The molecule has 3 aromatic heterocycles. The van der Waals surface area contributed by atoms with Gasteiger partial charge >= 0.3 is 0 Å². The molecule has 0 saturated carbocycles. The van der Waals surface area contributed by atoms with Crippen molar-refractivity contribution in [3.63, 3.8) is 0 Å². The maximum absolute atomic E-state index is 12.7. The van der Waals surface area contributed by atoms with Crippen molar-refractivity contribution in [2.24, 2.45) is 0 Å². The minimum atomic E-state index is -0.445. The van der Waals surface area contributed by atoms with E-state index >= 15 is 0 Å². The molecule has 0 bridgehead atoms. The molecule has 5 rings (SSSR count). The molecule has 1 fully saturated rings. The maximum atomic E-state index is 12.7. The Kier molecular flexibility index (Phi) is 5.63. The van der Waals surface area contributed by atoms with E-state index in [1.165, 1.54) is 6.33 Å². The maximum Gasteiger partial charge on any atom is 0.258 e. The number of benzene rings is 1. The molecule has 1 aliphatic heterocycles. The predicted octanol–water partition coefficient (Wildman–Crippen LogP) is 1.66. The predicted molar refractivity (Wildman–Crippen MR) is 117 cm³/mol. The van der Waals surface area contributed by atoms with E-state index in [1.54, 1.807) is 19.2 Å². The first-order valence-electron chi connectivity index (χ1n) is 10.4. The summed E-state index contributed by atoms with van der Waals surface area (Å²) in [5.41, 5.74) is 2.39. The second-order valence-electron chi connectivity index (χ2n) is 7.53. The zero-order chi connectivity index (χ0) is 22.8. The summed E-state index contributed by atoms with van der Waals surface area (Å²) in [5, 5.41) is 13.6. The van der Waals surface area contributed by atoms with Crippen molar-refractivity contribution < 1.29 is 14.4 Å². The highest BCUT2D eigenvalue weighted by Gasteiger charge is 2.25. The van der Waals surface area contributed by atoms with E-state index in [0.29, 0.717) is 48.7 Å². The number of nitrogens with zero attached hydrogens (tertiary/aromatic N) is 6. The van der Waals surface area contributed by atoms with Crippen molar-refractivity contribution in [1.82, 2.24) is 30.1 Å². The smallest absolute Gasteiger partial charge is 0.258 e. The van der Waals surface area contributed by atoms with Gasteiger partial charge < -0.3 is 19.3 Å². The highest BCUT2D eigenvalue weighted by molar-refractivity contribution is 5.60. The topological polar surface area (TPSA) is 143 Å². The minimum Gasteiger partial charge on any atom is -0.391 e. The van der Waals surface area contributed by atoms with Crippen LogP contribution in [0, 0.1) is 6.92 Å². The van der Waals surface area contributed by atoms with Crippen LogP contribution in [-0.2, 0) is 11.3 Å². The molecular formula is C22H21N7O4. The Morgan fingerprint density at radius 3 is 2.76 bits per heavy atom. The fraction of sp³-hybridized carbons (Fsp3) is 0.273. The quantitative estimate of drug-likeness (QED) is 0.463. The summed E-state index contributed by atoms with van der Waals surface area (Å²) >= 11 is 0. The van der Waals surface area contributed by atoms with E-state index in [9.17, 15) is 9.90 Å². The van der Waals surface area contributed by atoms with Crippen LogP contribution in [0.25, 0.3) is 22.8 Å². The first-order chi connectivity index (χ1) is 16.1. The Labute approximate surface area is 188 Å². The molecule has 4 aromatic rings.